The normalized spacial score (nSPS) is 12.1. The van der Waals surface area contributed by atoms with Gasteiger partial charge < -0.3 is 11.1 Å². The second-order valence-corrected chi connectivity index (χ2v) is 3.43. The van der Waals surface area contributed by atoms with E-state index in [1.54, 1.807) is 6.20 Å². The van der Waals surface area contributed by atoms with E-state index >= 15 is 0 Å². The van der Waals surface area contributed by atoms with Crippen molar-refractivity contribution in [2.75, 3.05) is 5.32 Å². The number of primary amides is 1. The summed E-state index contributed by atoms with van der Waals surface area (Å²) in [4.78, 5) is 14.8. The van der Waals surface area contributed by atoms with Crippen LogP contribution in [0.1, 0.15) is 18.9 Å². The molecule has 1 amide bonds. The minimum atomic E-state index is -0.308. The van der Waals surface area contributed by atoms with Gasteiger partial charge in [0.25, 0.3) is 0 Å². The molecule has 4 heteroatoms. The molecular weight excluding hydrogens is 178 g/mol. The Hall–Kier alpha value is -1.58. The molecule has 1 rings (SSSR count). The van der Waals surface area contributed by atoms with Crippen molar-refractivity contribution in [2.45, 2.75) is 26.3 Å². The Labute approximate surface area is 83.5 Å². The fraction of sp³-hybridized carbons (Fsp3) is 0.400. The Morgan fingerprint density at radius 1 is 1.71 bits per heavy atom. The molecule has 3 N–H and O–H groups in total. The topological polar surface area (TPSA) is 68.0 Å². The van der Waals surface area contributed by atoms with Crippen LogP contribution in [-0.2, 0) is 4.79 Å². The van der Waals surface area contributed by atoms with Gasteiger partial charge in [0.15, 0.2) is 0 Å². The molecule has 14 heavy (non-hydrogen) atoms. The third kappa shape index (κ3) is 3.43. The quantitative estimate of drug-likeness (QED) is 0.751. The Balaban J connectivity index is 2.55. The largest absolute Gasteiger partial charge is 0.370 e. The zero-order valence-electron chi connectivity index (χ0n) is 8.45. The molecule has 0 aliphatic heterocycles. The van der Waals surface area contributed by atoms with Gasteiger partial charge in [0.05, 0.1) is 0 Å². The van der Waals surface area contributed by atoms with Crippen molar-refractivity contribution in [3.63, 3.8) is 0 Å². The van der Waals surface area contributed by atoms with Crippen LogP contribution in [0.2, 0.25) is 0 Å². The molecule has 0 aliphatic rings. The first-order valence-corrected chi connectivity index (χ1v) is 4.55. The molecule has 0 fully saturated rings. The van der Waals surface area contributed by atoms with Gasteiger partial charge >= 0.3 is 0 Å². The SMILES string of the molecule is Cc1ccnc(NC(C)CC(N)=O)c1. The fourth-order valence-electron chi connectivity index (χ4n) is 1.22. The molecule has 1 heterocycles. The molecule has 0 bridgehead atoms. The lowest BCUT2D eigenvalue weighted by molar-refractivity contribution is -0.118. The minimum absolute atomic E-state index is 0.0156. The summed E-state index contributed by atoms with van der Waals surface area (Å²) in [5.41, 5.74) is 6.21. The van der Waals surface area contributed by atoms with Crippen LogP contribution < -0.4 is 11.1 Å². The minimum Gasteiger partial charge on any atom is -0.370 e. The van der Waals surface area contributed by atoms with Crippen molar-refractivity contribution in [1.82, 2.24) is 4.98 Å². The summed E-state index contributed by atoms with van der Waals surface area (Å²) in [6.45, 7) is 3.89. The van der Waals surface area contributed by atoms with Gasteiger partial charge in [-0.2, -0.15) is 0 Å². The van der Waals surface area contributed by atoms with Crippen LogP contribution >= 0.6 is 0 Å². The first-order valence-electron chi connectivity index (χ1n) is 4.55. The molecule has 0 radical (unpaired) electrons. The third-order valence-corrected chi connectivity index (χ3v) is 1.82. The van der Waals surface area contributed by atoms with Crippen LogP contribution in [0.4, 0.5) is 5.82 Å². The summed E-state index contributed by atoms with van der Waals surface area (Å²) in [5, 5.41) is 3.10. The number of aromatic nitrogens is 1. The summed E-state index contributed by atoms with van der Waals surface area (Å²) >= 11 is 0. The number of carbonyl (C=O) groups is 1. The molecule has 1 unspecified atom stereocenters. The van der Waals surface area contributed by atoms with Crippen LogP contribution in [-0.4, -0.2) is 16.9 Å². The van der Waals surface area contributed by atoms with Gasteiger partial charge in [-0.15, -0.1) is 0 Å². The number of pyridine rings is 1. The predicted molar refractivity (Wildman–Crippen MR) is 55.9 cm³/mol. The maximum Gasteiger partial charge on any atom is 0.219 e. The zero-order valence-corrected chi connectivity index (χ0v) is 8.45. The van der Waals surface area contributed by atoms with Crippen molar-refractivity contribution in [1.29, 1.82) is 0 Å². The Morgan fingerprint density at radius 2 is 2.43 bits per heavy atom. The van der Waals surface area contributed by atoms with Crippen molar-refractivity contribution in [2.24, 2.45) is 5.73 Å². The van der Waals surface area contributed by atoms with Crippen molar-refractivity contribution in [3.05, 3.63) is 23.9 Å². The van der Waals surface area contributed by atoms with E-state index in [1.807, 2.05) is 26.0 Å². The monoisotopic (exact) mass is 193 g/mol. The molecule has 0 saturated carbocycles. The van der Waals surface area contributed by atoms with E-state index in [2.05, 4.69) is 10.3 Å². The molecule has 4 nitrogen and oxygen atoms in total. The maximum absolute atomic E-state index is 10.6. The molecule has 0 aliphatic carbocycles. The van der Waals surface area contributed by atoms with Crippen molar-refractivity contribution in [3.8, 4) is 0 Å². The number of nitrogens with one attached hydrogen (secondary N) is 1. The summed E-state index contributed by atoms with van der Waals surface area (Å²) in [6, 6.07) is 3.86. The highest BCUT2D eigenvalue weighted by Gasteiger charge is 2.05. The van der Waals surface area contributed by atoms with E-state index < -0.39 is 0 Å². The molecule has 1 atom stereocenters. The summed E-state index contributed by atoms with van der Waals surface area (Å²) in [7, 11) is 0. The van der Waals surface area contributed by atoms with Crippen LogP contribution in [0.15, 0.2) is 18.3 Å². The molecule has 76 valence electrons. The summed E-state index contributed by atoms with van der Waals surface area (Å²) in [5.74, 6) is 0.469. The molecular formula is C10H15N3O. The summed E-state index contributed by atoms with van der Waals surface area (Å²) < 4.78 is 0. The van der Waals surface area contributed by atoms with Gasteiger partial charge in [-0.25, -0.2) is 4.98 Å². The lowest BCUT2D eigenvalue weighted by atomic mass is 10.2. The molecule has 1 aromatic heterocycles. The van der Waals surface area contributed by atoms with Crippen LogP contribution in [0, 0.1) is 6.92 Å². The lowest BCUT2D eigenvalue weighted by Crippen LogP contribution is -2.24. The van der Waals surface area contributed by atoms with Crippen LogP contribution in [0.3, 0.4) is 0 Å². The number of aryl methyl sites for hydroxylation is 1. The number of hydrogen-bond acceptors (Lipinski definition) is 3. The van der Waals surface area contributed by atoms with E-state index in [0.717, 1.165) is 11.4 Å². The van der Waals surface area contributed by atoms with Gasteiger partial charge in [0.1, 0.15) is 5.82 Å². The van der Waals surface area contributed by atoms with Gasteiger partial charge in [-0.3, -0.25) is 4.79 Å². The Kier molecular flexibility index (Phi) is 3.45. The average Bonchev–Trinajstić information content (AvgIpc) is 2.01. The fourth-order valence-corrected chi connectivity index (χ4v) is 1.22. The maximum atomic E-state index is 10.6. The van der Waals surface area contributed by atoms with Gasteiger partial charge in [-0.1, -0.05) is 0 Å². The number of nitrogens with zero attached hydrogens (tertiary/aromatic N) is 1. The highest BCUT2D eigenvalue weighted by Crippen LogP contribution is 2.07. The van der Waals surface area contributed by atoms with Crippen molar-refractivity contribution >= 4 is 11.7 Å². The number of carbonyl (C=O) groups excluding carboxylic acids is 1. The van der Waals surface area contributed by atoms with E-state index in [0.29, 0.717) is 6.42 Å². The molecule has 0 aromatic carbocycles. The second kappa shape index (κ2) is 4.60. The third-order valence-electron chi connectivity index (χ3n) is 1.82. The summed E-state index contributed by atoms with van der Waals surface area (Å²) in [6.07, 6.45) is 2.05. The Morgan fingerprint density at radius 3 is 3.00 bits per heavy atom. The molecule has 0 spiro atoms. The number of nitrogens with two attached hydrogens (primary N) is 1. The van der Waals surface area contributed by atoms with E-state index in [4.69, 9.17) is 5.73 Å². The van der Waals surface area contributed by atoms with Gasteiger partial charge in [0, 0.05) is 18.7 Å². The number of anilines is 1. The Bertz CT molecular complexity index is 325. The number of amides is 1. The molecule has 1 aromatic rings. The van der Waals surface area contributed by atoms with Gasteiger partial charge in [0.2, 0.25) is 5.91 Å². The molecule has 0 saturated heterocycles. The van der Waals surface area contributed by atoms with E-state index in [9.17, 15) is 4.79 Å². The van der Waals surface area contributed by atoms with E-state index in [-0.39, 0.29) is 11.9 Å². The van der Waals surface area contributed by atoms with Crippen LogP contribution in [0.5, 0.6) is 0 Å². The standard InChI is InChI=1S/C10H15N3O/c1-7-3-4-12-10(5-7)13-8(2)6-9(11)14/h3-5,8H,6H2,1-2H3,(H2,11,14)(H,12,13). The first-order chi connectivity index (χ1) is 6.58. The average molecular weight is 193 g/mol. The van der Waals surface area contributed by atoms with E-state index in [1.165, 1.54) is 0 Å². The van der Waals surface area contributed by atoms with Crippen molar-refractivity contribution < 1.29 is 4.79 Å². The highest BCUT2D eigenvalue weighted by atomic mass is 16.1. The van der Waals surface area contributed by atoms with Gasteiger partial charge in [-0.05, 0) is 31.5 Å². The predicted octanol–water partition coefficient (Wildman–Crippen LogP) is 1.07. The zero-order chi connectivity index (χ0) is 10.6. The number of rotatable bonds is 4. The number of hydrogen-bond donors (Lipinski definition) is 2. The van der Waals surface area contributed by atoms with Crippen LogP contribution in [0.25, 0.3) is 0 Å². The second-order valence-electron chi connectivity index (χ2n) is 3.43. The first kappa shape index (κ1) is 10.5. The smallest absolute Gasteiger partial charge is 0.219 e. The lowest BCUT2D eigenvalue weighted by Gasteiger charge is -2.12. The highest BCUT2D eigenvalue weighted by molar-refractivity contribution is 5.74.